The summed E-state index contributed by atoms with van der Waals surface area (Å²) in [6, 6.07) is 9.99. The molecule has 2 N–H and O–H groups in total. The maximum Gasteiger partial charge on any atom is 0.227 e. The van der Waals surface area contributed by atoms with E-state index in [4.69, 9.17) is 0 Å². The largest absolute Gasteiger partial charge is 0.366 e. The first-order valence-corrected chi connectivity index (χ1v) is 8.67. The van der Waals surface area contributed by atoms with Gasteiger partial charge in [-0.15, -0.1) is 0 Å². The number of rotatable bonds is 5. The summed E-state index contributed by atoms with van der Waals surface area (Å²) in [5, 5.41) is 6.35. The molecule has 0 unspecified atom stereocenters. The fraction of sp³-hybridized carbons (Fsp3) is 0.333. The number of carbonyl (C=O) groups excluding carboxylic acids is 1. The van der Waals surface area contributed by atoms with Crippen molar-refractivity contribution in [2.45, 2.75) is 32.7 Å². The van der Waals surface area contributed by atoms with Gasteiger partial charge < -0.3 is 10.6 Å². The van der Waals surface area contributed by atoms with Gasteiger partial charge in [-0.25, -0.2) is 4.98 Å². The number of pyridine rings is 1. The lowest BCUT2D eigenvalue weighted by Gasteiger charge is -2.24. The highest BCUT2D eigenvalue weighted by Gasteiger charge is 2.25. The van der Waals surface area contributed by atoms with Gasteiger partial charge in [-0.05, 0) is 65.0 Å². The number of carbonyl (C=O) groups is 1. The van der Waals surface area contributed by atoms with Crippen LogP contribution in [0.3, 0.4) is 0 Å². The lowest BCUT2D eigenvalue weighted by Crippen LogP contribution is -2.28. The van der Waals surface area contributed by atoms with Crippen LogP contribution in [0.15, 0.2) is 41.0 Å². The standard InChI is InChI=1S/C18H20BrN3O/c1-12-8-15(19)11-21-17(12)20-10-13-4-2-7-16(9-13)22-18(23)14-5-3-6-14/h2,4,7-9,11,14H,3,5-6,10H2,1H3,(H,20,21)(H,22,23). The van der Waals surface area contributed by atoms with Gasteiger partial charge in [-0.2, -0.15) is 0 Å². The summed E-state index contributed by atoms with van der Waals surface area (Å²) in [5.74, 6) is 1.22. The Morgan fingerprint density at radius 1 is 1.35 bits per heavy atom. The van der Waals surface area contributed by atoms with Crippen molar-refractivity contribution < 1.29 is 4.79 Å². The number of benzene rings is 1. The number of aryl methyl sites for hydroxylation is 1. The Morgan fingerprint density at radius 2 is 2.17 bits per heavy atom. The number of halogens is 1. The molecule has 23 heavy (non-hydrogen) atoms. The molecule has 1 amide bonds. The van der Waals surface area contributed by atoms with Crippen LogP contribution in [0.2, 0.25) is 0 Å². The van der Waals surface area contributed by atoms with E-state index >= 15 is 0 Å². The van der Waals surface area contributed by atoms with E-state index in [1.165, 1.54) is 6.42 Å². The van der Waals surface area contributed by atoms with E-state index < -0.39 is 0 Å². The highest BCUT2D eigenvalue weighted by atomic mass is 79.9. The molecule has 0 atom stereocenters. The maximum atomic E-state index is 12.0. The first kappa shape index (κ1) is 16.0. The number of nitrogens with one attached hydrogen (secondary N) is 2. The van der Waals surface area contributed by atoms with E-state index in [0.717, 1.165) is 39.9 Å². The number of aromatic nitrogens is 1. The summed E-state index contributed by atoms with van der Waals surface area (Å²) in [5.41, 5.74) is 3.07. The van der Waals surface area contributed by atoms with Crippen molar-refractivity contribution in [1.29, 1.82) is 0 Å². The van der Waals surface area contributed by atoms with Gasteiger partial charge in [0.25, 0.3) is 0 Å². The van der Waals surface area contributed by atoms with Gasteiger partial charge in [0.15, 0.2) is 0 Å². The number of amides is 1. The molecule has 120 valence electrons. The Hall–Kier alpha value is -1.88. The molecule has 5 heteroatoms. The summed E-state index contributed by atoms with van der Waals surface area (Å²) < 4.78 is 0.973. The summed E-state index contributed by atoms with van der Waals surface area (Å²) in [6.07, 6.45) is 4.98. The highest BCUT2D eigenvalue weighted by molar-refractivity contribution is 9.10. The lowest BCUT2D eigenvalue weighted by atomic mass is 9.85. The molecule has 1 aliphatic rings. The van der Waals surface area contributed by atoms with Gasteiger partial charge in [0.05, 0.1) is 0 Å². The number of hydrogen-bond donors (Lipinski definition) is 2. The van der Waals surface area contributed by atoms with Crippen molar-refractivity contribution in [2.24, 2.45) is 5.92 Å². The van der Waals surface area contributed by atoms with E-state index in [0.29, 0.717) is 6.54 Å². The van der Waals surface area contributed by atoms with Crippen LogP contribution in [0, 0.1) is 12.8 Å². The summed E-state index contributed by atoms with van der Waals surface area (Å²) in [6.45, 7) is 2.69. The highest BCUT2D eigenvalue weighted by Crippen LogP contribution is 2.27. The Bertz CT molecular complexity index is 713. The SMILES string of the molecule is Cc1cc(Br)cnc1NCc1cccc(NC(=O)C2CCC2)c1. The monoisotopic (exact) mass is 373 g/mol. The molecule has 1 saturated carbocycles. The third-order valence-corrected chi connectivity index (χ3v) is 4.61. The van der Waals surface area contributed by atoms with Gasteiger partial charge in [-0.1, -0.05) is 18.6 Å². The molecule has 2 aromatic rings. The van der Waals surface area contributed by atoms with E-state index in [1.807, 2.05) is 37.3 Å². The average molecular weight is 374 g/mol. The van der Waals surface area contributed by atoms with Gasteiger partial charge >= 0.3 is 0 Å². The second-order valence-corrected chi connectivity index (χ2v) is 6.91. The molecular formula is C18H20BrN3O. The van der Waals surface area contributed by atoms with Crippen molar-refractivity contribution in [3.63, 3.8) is 0 Å². The Morgan fingerprint density at radius 3 is 2.87 bits per heavy atom. The van der Waals surface area contributed by atoms with Crippen LogP contribution in [0.5, 0.6) is 0 Å². The molecular weight excluding hydrogens is 354 g/mol. The third kappa shape index (κ3) is 4.10. The quantitative estimate of drug-likeness (QED) is 0.810. The minimum absolute atomic E-state index is 0.145. The Balaban J connectivity index is 1.61. The van der Waals surface area contributed by atoms with Crippen molar-refractivity contribution in [2.75, 3.05) is 10.6 Å². The first-order chi connectivity index (χ1) is 11.1. The topological polar surface area (TPSA) is 54.0 Å². The van der Waals surface area contributed by atoms with Gasteiger partial charge in [-0.3, -0.25) is 4.79 Å². The van der Waals surface area contributed by atoms with Crippen molar-refractivity contribution in [3.05, 3.63) is 52.1 Å². The summed E-state index contributed by atoms with van der Waals surface area (Å²) >= 11 is 3.42. The number of nitrogens with zero attached hydrogens (tertiary/aromatic N) is 1. The van der Waals surface area contributed by atoms with Crippen molar-refractivity contribution in [3.8, 4) is 0 Å². The van der Waals surface area contributed by atoms with E-state index in [1.54, 1.807) is 6.20 Å². The van der Waals surface area contributed by atoms with Gasteiger partial charge in [0, 0.05) is 28.8 Å². The fourth-order valence-corrected chi connectivity index (χ4v) is 3.03. The molecule has 0 saturated heterocycles. The van der Waals surface area contributed by atoms with Crippen LogP contribution < -0.4 is 10.6 Å². The normalized spacial score (nSPS) is 14.2. The van der Waals surface area contributed by atoms with Crippen LogP contribution in [0.4, 0.5) is 11.5 Å². The molecule has 1 fully saturated rings. The predicted octanol–water partition coefficient (Wildman–Crippen LogP) is 4.50. The molecule has 1 heterocycles. The molecule has 1 aromatic carbocycles. The first-order valence-electron chi connectivity index (χ1n) is 7.87. The van der Waals surface area contributed by atoms with Crippen LogP contribution in [0.1, 0.15) is 30.4 Å². The minimum Gasteiger partial charge on any atom is -0.366 e. The molecule has 1 aliphatic carbocycles. The van der Waals surface area contributed by atoms with Crippen LogP contribution in [-0.4, -0.2) is 10.9 Å². The molecule has 1 aromatic heterocycles. The smallest absolute Gasteiger partial charge is 0.227 e. The molecule has 0 aliphatic heterocycles. The van der Waals surface area contributed by atoms with E-state index in [2.05, 4.69) is 31.5 Å². The second-order valence-electron chi connectivity index (χ2n) is 5.99. The van der Waals surface area contributed by atoms with Crippen LogP contribution in [-0.2, 0) is 11.3 Å². The number of anilines is 2. The van der Waals surface area contributed by atoms with E-state index in [9.17, 15) is 4.79 Å². The molecule has 4 nitrogen and oxygen atoms in total. The van der Waals surface area contributed by atoms with Crippen LogP contribution in [0.25, 0.3) is 0 Å². The van der Waals surface area contributed by atoms with Gasteiger partial charge in [0.1, 0.15) is 5.82 Å². The maximum absolute atomic E-state index is 12.0. The zero-order valence-corrected chi connectivity index (χ0v) is 14.7. The summed E-state index contributed by atoms with van der Waals surface area (Å²) in [4.78, 5) is 16.4. The zero-order valence-electron chi connectivity index (χ0n) is 13.1. The van der Waals surface area contributed by atoms with E-state index in [-0.39, 0.29) is 11.8 Å². The predicted molar refractivity (Wildman–Crippen MR) is 96.4 cm³/mol. The van der Waals surface area contributed by atoms with Gasteiger partial charge in [0.2, 0.25) is 5.91 Å². The molecule has 0 radical (unpaired) electrons. The second kappa shape index (κ2) is 7.13. The third-order valence-electron chi connectivity index (χ3n) is 4.18. The lowest BCUT2D eigenvalue weighted by molar-refractivity contribution is -0.122. The zero-order chi connectivity index (χ0) is 16.2. The average Bonchev–Trinajstić information content (AvgIpc) is 2.45. The Labute approximate surface area is 144 Å². The fourth-order valence-electron chi connectivity index (χ4n) is 2.59. The molecule has 0 spiro atoms. The number of hydrogen-bond acceptors (Lipinski definition) is 3. The van der Waals surface area contributed by atoms with Crippen LogP contribution >= 0.6 is 15.9 Å². The minimum atomic E-state index is 0.145. The Kier molecular flexibility index (Phi) is 4.96. The molecule has 3 rings (SSSR count). The molecule has 0 bridgehead atoms. The summed E-state index contributed by atoms with van der Waals surface area (Å²) in [7, 11) is 0. The van der Waals surface area contributed by atoms with Crippen molar-refractivity contribution >= 4 is 33.3 Å². The van der Waals surface area contributed by atoms with Crippen molar-refractivity contribution in [1.82, 2.24) is 4.98 Å².